The third kappa shape index (κ3) is 5.76. The number of furan rings is 1. The minimum absolute atomic E-state index is 0.0159. The van der Waals surface area contributed by atoms with Crippen molar-refractivity contribution in [1.82, 2.24) is 10.2 Å². The molecule has 0 saturated heterocycles. The van der Waals surface area contributed by atoms with E-state index in [0.717, 1.165) is 4.90 Å². The van der Waals surface area contributed by atoms with Crippen LogP contribution in [0.4, 0.5) is 5.69 Å². The van der Waals surface area contributed by atoms with Crippen molar-refractivity contribution < 1.29 is 28.3 Å². The molecular formula is C21H25N3O6. The van der Waals surface area contributed by atoms with Crippen molar-refractivity contribution in [3.63, 3.8) is 0 Å². The fraction of sp³-hybridized carbons (Fsp3) is 0.381. The van der Waals surface area contributed by atoms with Gasteiger partial charge in [0.2, 0.25) is 5.91 Å². The standard InChI is InChI=1S/C21H25N3O6/c1-21(2,3)23-18(25)13-24(12-15-5-4-8-28-15)20(27)19(26)22-14-6-7-16-17(11-14)30-10-9-29-16/h4-8,11H,9-10,12-13H2,1-3H3,(H,22,26)(H,23,25). The fourth-order valence-corrected chi connectivity index (χ4v) is 2.87. The number of carbonyl (C=O) groups excluding carboxylic acids is 3. The van der Waals surface area contributed by atoms with E-state index in [0.29, 0.717) is 36.2 Å². The van der Waals surface area contributed by atoms with Crippen LogP contribution in [0.2, 0.25) is 0 Å². The number of carbonyl (C=O) groups is 3. The summed E-state index contributed by atoms with van der Waals surface area (Å²) >= 11 is 0. The number of rotatable bonds is 5. The molecule has 2 heterocycles. The van der Waals surface area contributed by atoms with Gasteiger partial charge in [-0.3, -0.25) is 14.4 Å². The summed E-state index contributed by atoms with van der Waals surface area (Å²) in [4.78, 5) is 38.9. The van der Waals surface area contributed by atoms with Gasteiger partial charge in [0.1, 0.15) is 25.5 Å². The van der Waals surface area contributed by atoms with Crippen LogP contribution in [-0.2, 0) is 20.9 Å². The summed E-state index contributed by atoms with van der Waals surface area (Å²) in [6.07, 6.45) is 1.46. The average Bonchev–Trinajstić information content (AvgIpc) is 3.18. The second-order valence-electron chi connectivity index (χ2n) is 7.85. The van der Waals surface area contributed by atoms with E-state index >= 15 is 0 Å². The molecule has 3 rings (SSSR count). The molecule has 2 aromatic rings. The van der Waals surface area contributed by atoms with Gasteiger partial charge in [-0.15, -0.1) is 0 Å². The fourth-order valence-electron chi connectivity index (χ4n) is 2.87. The number of hydrogen-bond acceptors (Lipinski definition) is 6. The Labute approximate surface area is 174 Å². The molecule has 2 N–H and O–H groups in total. The zero-order valence-electron chi connectivity index (χ0n) is 17.2. The zero-order chi connectivity index (χ0) is 21.7. The monoisotopic (exact) mass is 415 g/mol. The van der Waals surface area contributed by atoms with Gasteiger partial charge in [-0.1, -0.05) is 0 Å². The van der Waals surface area contributed by atoms with Crippen molar-refractivity contribution in [2.45, 2.75) is 32.9 Å². The van der Waals surface area contributed by atoms with Gasteiger partial charge in [-0.25, -0.2) is 0 Å². The lowest BCUT2D eigenvalue weighted by atomic mass is 10.1. The molecule has 3 amide bonds. The highest BCUT2D eigenvalue weighted by Gasteiger charge is 2.27. The summed E-state index contributed by atoms with van der Waals surface area (Å²) in [5.74, 6) is -0.590. The van der Waals surface area contributed by atoms with Crippen molar-refractivity contribution in [3.8, 4) is 11.5 Å². The normalized spacial score (nSPS) is 12.8. The zero-order valence-corrected chi connectivity index (χ0v) is 17.2. The number of amides is 3. The smallest absolute Gasteiger partial charge is 0.313 e. The molecule has 0 aliphatic carbocycles. The molecule has 30 heavy (non-hydrogen) atoms. The van der Waals surface area contributed by atoms with Crippen LogP contribution in [0, 0.1) is 0 Å². The molecule has 0 spiro atoms. The molecule has 0 bridgehead atoms. The number of nitrogens with one attached hydrogen (secondary N) is 2. The van der Waals surface area contributed by atoms with Crippen LogP contribution in [0.5, 0.6) is 11.5 Å². The van der Waals surface area contributed by atoms with Crippen LogP contribution in [0.1, 0.15) is 26.5 Å². The van der Waals surface area contributed by atoms with Crippen LogP contribution in [-0.4, -0.2) is 47.9 Å². The lowest BCUT2D eigenvalue weighted by molar-refractivity contribution is -0.145. The van der Waals surface area contributed by atoms with Crippen LogP contribution < -0.4 is 20.1 Å². The van der Waals surface area contributed by atoms with Gasteiger partial charge in [-0.2, -0.15) is 0 Å². The SMILES string of the molecule is CC(C)(C)NC(=O)CN(Cc1ccco1)C(=O)C(=O)Nc1ccc2c(c1)OCCO2. The van der Waals surface area contributed by atoms with Gasteiger partial charge >= 0.3 is 11.8 Å². The minimum atomic E-state index is -0.873. The molecule has 1 aliphatic rings. The lowest BCUT2D eigenvalue weighted by Crippen LogP contribution is -2.49. The second-order valence-corrected chi connectivity index (χ2v) is 7.85. The third-order valence-electron chi connectivity index (χ3n) is 4.06. The van der Waals surface area contributed by atoms with Gasteiger partial charge in [0, 0.05) is 17.3 Å². The molecule has 0 radical (unpaired) electrons. The highest BCUT2D eigenvalue weighted by atomic mass is 16.6. The number of fused-ring (bicyclic) bond motifs is 1. The molecular weight excluding hydrogens is 390 g/mol. The van der Waals surface area contributed by atoms with E-state index in [9.17, 15) is 14.4 Å². The molecule has 0 unspecified atom stereocenters. The van der Waals surface area contributed by atoms with Crippen molar-refractivity contribution in [3.05, 3.63) is 42.4 Å². The summed E-state index contributed by atoms with van der Waals surface area (Å²) < 4.78 is 16.2. The molecule has 0 saturated carbocycles. The van der Waals surface area contributed by atoms with E-state index in [1.54, 1.807) is 30.3 Å². The third-order valence-corrected chi connectivity index (χ3v) is 4.06. The lowest BCUT2D eigenvalue weighted by Gasteiger charge is -2.25. The quantitative estimate of drug-likeness (QED) is 0.722. The topological polar surface area (TPSA) is 110 Å². The predicted octanol–water partition coefficient (Wildman–Crippen LogP) is 1.93. The van der Waals surface area contributed by atoms with E-state index in [1.807, 2.05) is 20.8 Å². The minimum Gasteiger partial charge on any atom is -0.486 e. The van der Waals surface area contributed by atoms with Crippen molar-refractivity contribution in [2.75, 3.05) is 25.1 Å². The molecule has 0 fully saturated rings. The van der Waals surface area contributed by atoms with E-state index in [2.05, 4.69) is 10.6 Å². The van der Waals surface area contributed by atoms with Gasteiger partial charge in [0.25, 0.3) is 0 Å². The molecule has 0 atom stereocenters. The maximum absolute atomic E-state index is 12.8. The molecule has 9 heteroatoms. The van der Waals surface area contributed by atoms with Gasteiger partial charge in [-0.05, 0) is 45.0 Å². The van der Waals surface area contributed by atoms with Crippen molar-refractivity contribution in [1.29, 1.82) is 0 Å². The highest BCUT2D eigenvalue weighted by Crippen LogP contribution is 2.32. The molecule has 1 aromatic heterocycles. The largest absolute Gasteiger partial charge is 0.486 e. The first-order valence-electron chi connectivity index (χ1n) is 9.54. The summed E-state index contributed by atoms with van der Waals surface area (Å²) in [5, 5.41) is 5.33. The van der Waals surface area contributed by atoms with E-state index in [1.165, 1.54) is 6.26 Å². The molecule has 160 valence electrons. The van der Waals surface area contributed by atoms with Gasteiger partial charge in [0.15, 0.2) is 11.5 Å². The Morgan fingerprint density at radius 3 is 2.47 bits per heavy atom. The second kappa shape index (κ2) is 8.89. The summed E-state index contributed by atoms with van der Waals surface area (Å²) in [6, 6.07) is 8.19. The van der Waals surface area contributed by atoms with Crippen molar-refractivity contribution >= 4 is 23.4 Å². The van der Waals surface area contributed by atoms with E-state index < -0.39 is 17.4 Å². The van der Waals surface area contributed by atoms with Gasteiger partial charge < -0.3 is 29.4 Å². The number of benzene rings is 1. The van der Waals surface area contributed by atoms with Crippen LogP contribution in [0.25, 0.3) is 0 Å². The molecule has 1 aromatic carbocycles. The average molecular weight is 415 g/mol. The van der Waals surface area contributed by atoms with E-state index in [-0.39, 0.29) is 19.0 Å². The Hall–Kier alpha value is -3.49. The number of nitrogens with zero attached hydrogens (tertiary/aromatic N) is 1. The highest BCUT2D eigenvalue weighted by molar-refractivity contribution is 6.39. The Kier molecular flexibility index (Phi) is 6.29. The Morgan fingerprint density at radius 1 is 1.07 bits per heavy atom. The maximum atomic E-state index is 12.8. The van der Waals surface area contributed by atoms with Crippen molar-refractivity contribution in [2.24, 2.45) is 0 Å². The first-order valence-corrected chi connectivity index (χ1v) is 9.54. The van der Waals surface area contributed by atoms with Crippen LogP contribution >= 0.6 is 0 Å². The first kappa shape index (κ1) is 21.2. The van der Waals surface area contributed by atoms with Crippen LogP contribution in [0.3, 0.4) is 0 Å². The maximum Gasteiger partial charge on any atom is 0.313 e. The Morgan fingerprint density at radius 2 is 1.80 bits per heavy atom. The number of hydrogen-bond donors (Lipinski definition) is 2. The molecule has 1 aliphatic heterocycles. The summed E-state index contributed by atoms with van der Waals surface area (Å²) in [7, 11) is 0. The van der Waals surface area contributed by atoms with Gasteiger partial charge in [0.05, 0.1) is 12.8 Å². The summed E-state index contributed by atoms with van der Waals surface area (Å²) in [6.45, 7) is 6.05. The first-order chi connectivity index (χ1) is 14.2. The Balaban J connectivity index is 1.70. The Bertz CT molecular complexity index is 917. The molecule has 9 nitrogen and oxygen atoms in total. The van der Waals surface area contributed by atoms with Crippen LogP contribution in [0.15, 0.2) is 41.0 Å². The number of ether oxygens (including phenoxy) is 2. The number of anilines is 1. The predicted molar refractivity (Wildman–Crippen MR) is 108 cm³/mol. The van der Waals surface area contributed by atoms with E-state index in [4.69, 9.17) is 13.9 Å². The summed E-state index contributed by atoms with van der Waals surface area (Å²) in [5.41, 5.74) is -0.0843.